The van der Waals surface area contributed by atoms with Gasteiger partial charge in [0.25, 0.3) is 0 Å². The molecule has 2 heterocycles. The smallest absolute Gasteiger partial charge is 0.241 e. The number of nitrogens with one attached hydrogen (secondary N) is 1. The lowest BCUT2D eigenvalue weighted by molar-refractivity contribution is -0.120. The van der Waals surface area contributed by atoms with Gasteiger partial charge in [0.1, 0.15) is 10.7 Å². The molecule has 0 unspecified atom stereocenters. The van der Waals surface area contributed by atoms with Gasteiger partial charge in [0, 0.05) is 43.3 Å². The van der Waals surface area contributed by atoms with Gasteiger partial charge >= 0.3 is 0 Å². The molecule has 8 heteroatoms. The van der Waals surface area contributed by atoms with Crippen LogP contribution >= 0.6 is 0 Å². The van der Waals surface area contributed by atoms with E-state index in [4.69, 9.17) is 0 Å². The number of nitrogens with zero attached hydrogens (tertiary/aromatic N) is 2. The Morgan fingerprint density at radius 2 is 2.07 bits per heavy atom. The highest BCUT2D eigenvalue weighted by Gasteiger charge is 2.40. The first-order chi connectivity index (χ1) is 12.5. The third kappa shape index (κ3) is 3.88. The lowest BCUT2D eigenvalue weighted by Crippen LogP contribution is -2.52. The van der Waals surface area contributed by atoms with Gasteiger partial charge in [-0.2, -0.15) is 0 Å². The van der Waals surface area contributed by atoms with Crippen molar-refractivity contribution >= 4 is 21.4 Å². The summed E-state index contributed by atoms with van der Waals surface area (Å²) in [6.07, 6.45) is 0. The summed E-state index contributed by atoms with van der Waals surface area (Å²) < 4.78 is 39.0. The maximum absolute atomic E-state index is 14.5. The van der Waals surface area contributed by atoms with Gasteiger partial charge in [-0.3, -0.25) is 9.69 Å². The van der Waals surface area contributed by atoms with Crippen molar-refractivity contribution in [3.05, 3.63) is 23.5 Å². The van der Waals surface area contributed by atoms with Crippen LogP contribution in [0.25, 0.3) is 0 Å². The van der Waals surface area contributed by atoms with E-state index >= 15 is 0 Å². The Morgan fingerprint density at radius 1 is 1.37 bits per heavy atom. The van der Waals surface area contributed by atoms with Crippen LogP contribution < -0.4 is 10.2 Å². The van der Waals surface area contributed by atoms with Crippen molar-refractivity contribution in [1.82, 2.24) is 10.2 Å². The number of rotatable bonds is 4. The molecule has 1 N–H and O–H groups in total. The van der Waals surface area contributed by atoms with E-state index in [1.807, 2.05) is 13.8 Å². The zero-order valence-electron chi connectivity index (χ0n) is 16.4. The third-order valence-corrected chi connectivity index (χ3v) is 7.19. The molecule has 150 valence electrons. The topological polar surface area (TPSA) is 69.7 Å². The van der Waals surface area contributed by atoms with Crippen LogP contribution in [-0.2, 0) is 20.0 Å². The Bertz CT molecular complexity index is 854. The van der Waals surface area contributed by atoms with E-state index in [-0.39, 0.29) is 23.1 Å². The van der Waals surface area contributed by atoms with Gasteiger partial charge in [0.05, 0.1) is 12.3 Å². The number of carbonyl (C=O) groups is 1. The van der Waals surface area contributed by atoms with Crippen molar-refractivity contribution in [2.45, 2.75) is 44.0 Å². The second kappa shape index (κ2) is 7.14. The molecule has 2 aliphatic heterocycles. The number of halogens is 1. The molecule has 1 aromatic carbocycles. The number of carbonyl (C=O) groups excluding carboxylic acids is 1. The maximum atomic E-state index is 14.5. The van der Waals surface area contributed by atoms with Crippen LogP contribution in [0.2, 0.25) is 0 Å². The summed E-state index contributed by atoms with van der Waals surface area (Å²) in [4.78, 5) is 16.4. The fourth-order valence-electron chi connectivity index (χ4n) is 3.92. The summed E-state index contributed by atoms with van der Waals surface area (Å²) >= 11 is 0. The minimum atomic E-state index is -3.70. The summed E-state index contributed by atoms with van der Waals surface area (Å²) in [5, 5.41) is 3.35. The van der Waals surface area contributed by atoms with Crippen molar-refractivity contribution < 1.29 is 17.6 Å². The van der Waals surface area contributed by atoms with Gasteiger partial charge in [-0.1, -0.05) is 20.8 Å². The predicted molar refractivity (Wildman–Crippen MR) is 103 cm³/mol. The standard InChI is InChI=1S/C19H28FN3O3S/c1-5-27(25,26)17-9-16-14(8-15(17)20)19(3,4)12-23(16)18(24)11-22-7-6-21-13(2)10-22/h8-9,13,21H,5-7,10-12H2,1-4H3/t13-/m1/s1. The van der Waals surface area contributed by atoms with Crippen molar-refractivity contribution in [3.63, 3.8) is 0 Å². The first kappa shape index (κ1) is 20.2. The van der Waals surface area contributed by atoms with E-state index in [1.165, 1.54) is 19.1 Å². The van der Waals surface area contributed by atoms with E-state index < -0.39 is 21.1 Å². The summed E-state index contributed by atoms with van der Waals surface area (Å²) in [5.74, 6) is -1.00. The number of amides is 1. The number of fused-ring (bicyclic) bond motifs is 1. The van der Waals surface area contributed by atoms with Gasteiger partial charge in [-0.15, -0.1) is 0 Å². The van der Waals surface area contributed by atoms with Crippen LogP contribution in [0.3, 0.4) is 0 Å². The van der Waals surface area contributed by atoms with E-state index in [2.05, 4.69) is 17.1 Å². The van der Waals surface area contributed by atoms with Crippen LogP contribution in [0.1, 0.15) is 33.3 Å². The highest BCUT2D eigenvalue weighted by Crippen LogP contribution is 2.42. The molecule has 0 spiro atoms. The van der Waals surface area contributed by atoms with Gasteiger partial charge in [-0.05, 0) is 24.6 Å². The van der Waals surface area contributed by atoms with E-state index in [0.717, 1.165) is 19.6 Å². The van der Waals surface area contributed by atoms with E-state index in [1.54, 1.807) is 4.90 Å². The van der Waals surface area contributed by atoms with Crippen LogP contribution in [0, 0.1) is 5.82 Å². The van der Waals surface area contributed by atoms with Gasteiger partial charge in [0.2, 0.25) is 5.91 Å². The Morgan fingerprint density at radius 3 is 2.70 bits per heavy atom. The molecule has 1 atom stereocenters. The zero-order chi connectivity index (χ0) is 20.0. The average molecular weight is 398 g/mol. The van der Waals surface area contributed by atoms with Crippen molar-refractivity contribution in [2.24, 2.45) is 0 Å². The van der Waals surface area contributed by atoms with Gasteiger partial charge in [-0.25, -0.2) is 12.8 Å². The molecule has 0 bridgehead atoms. The summed E-state index contributed by atoms with van der Waals surface area (Å²) in [6, 6.07) is 2.96. The van der Waals surface area contributed by atoms with Crippen LogP contribution in [0.5, 0.6) is 0 Å². The van der Waals surface area contributed by atoms with Crippen molar-refractivity contribution in [1.29, 1.82) is 0 Å². The first-order valence-corrected chi connectivity index (χ1v) is 11.0. The van der Waals surface area contributed by atoms with Crippen molar-refractivity contribution in [2.75, 3.05) is 43.4 Å². The van der Waals surface area contributed by atoms with Crippen molar-refractivity contribution in [3.8, 4) is 0 Å². The number of piperazine rings is 1. The summed E-state index contributed by atoms with van der Waals surface area (Å²) in [5.41, 5.74) is 0.760. The Kier molecular flexibility index (Phi) is 5.35. The molecule has 0 radical (unpaired) electrons. The lowest BCUT2D eigenvalue weighted by Gasteiger charge is -2.32. The number of hydrogen-bond donors (Lipinski definition) is 1. The molecule has 1 saturated heterocycles. The summed E-state index contributed by atoms with van der Waals surface area (Å²) in [6.45, 7) is 10.6. The molecule has 3 rings (SSSR count). The molecule has 2 aliphatic rings. The Balaban J connectivity index is 1.94. The molecule has 0 aliphatic carbocycles. The number of benzene rings is 1. The van der Waals surface area contributed by atoms with E-state index in [9.17, 15) is 17.6 Å². The molecular formula is C19H28FN3O3S. The fraction of sp³-hybridized carbons (Fsp3) is 0.632. The molecule has 1 aromatic rings. The molecule has 0 saturated carbocycles. The lowest BCUT2D eigenvalue weighted by atomic mass is 9.87. The van der Waals surface area contributed by atoms with Crippen LogP contribution in [0.4, 0.5) is 10.1 Å². The molecule has 0 aromatic heterocycles. The maximum Gasteiger partial charge on any atom is 0.241 e. The second-order valence-electron chi connectivity index (χ2n) is 8.16. The van der Waals surface area contributed by atoms with Gasteiger partial charge < -0.3 is 10.2 Å². The summed E-state index contributed by atoms with van der Waals surface area (Å²) in [7, 11) is -3.70. The SMILES string of the molecule is CCS(=O)(=O)c1cc2c(cc1F)C(C)(C)CN2C(=O)CN1CCN[C@H](C)C1. The molecule has 1 amide bonds. The third-order valence-electron chi connectivity index (χ3n) is 5.45. The minimum absolute atomic E-state index is 0.0811. The van der Waals surface area contributed by atoms with Crippen LogP contribution in [-0.4, -0.2) is 63.7 Å². The van der Waals surface area contributed by atoms with E-state index in [0.29, 0.717) is 23.8 Å². The first-order valence-electron chi connectivity index (χ1n) is 9.38. The minimum Gasteiger partial charge on any atom is -0.312 e. The highest BCUT2D eigenvalue weighted by molar-refractivity contribution is 7.91. The average Bonchev–Trinajstić information content (AvgIpc) is 2.85. The monoisotopic (exact) mass is 397 g/mol. The molecule has 27 heavy (non-hydrogen) atoms. The fourth-order valence-corrected chi connectivity index (χ4v) is 4.88. The Hall–Kier alpha value is -1.51. The molecular weight excluding hydrogens is 369 g/mol. The number of hydrogen-bond acceptors (Lipinski definition) is 5. The quantitative estimate of drug-likeness (QED) is 0.835. The number of anilines is 1. The van der Waals surface area contributed by atoms with Gasteiger partial charge in [0.15, 0.2) is 9.84 Å². The zero-order valence-corrected chi connectivity index (χ0v) is 17.2. The molecule has 1 fully saturated rings. The Labute approximate surface area is 160 Å². The highest BCUT2D eigenvalue weighted by atomic mass is 32.2. The second-order valence-corrected chi connectivity index (χ2v) is 10.4. The van der Waals surface area contributed by atoms with Crippen LogP contribution in [0.15, 0.2) is 17.0 Å². The molecule has 6 nitrogen and oxygen atoms in total. The number of sulfone groups is 1. The normalized spacial score (nSPS) is 22.7. The predicted octanol–water partition coefficient (Wildman–Crippen LogP) is 1.54. The largest absolute Gasteiger partial charge is 0.312 e.